The molecule has 4 heteroatoms. The van der Waals surface area contributed by atoms with Crippen LogP contribution < -0.4 is 0 Å². The Balaban J connectivity index is 0.975. The Labute approximate surface area is 329 Å². The van der Waals surface area contributed by atoms with E-state index in [-0.39, 0.29) is 0 Å². The van der Waals surface area contributed by atoms with Crippen LogP contribution in [0.5, 0.6) is 0 Å². The Hall–Kier alpha value is -7.69. The number of nitrogens with zero attached hydrogens (tertiary/aromatic N) is 3. The second-order valence-corrected chi connectivity index (χ2v) is 14.4. The van der Waals surface area contributed by atoms with Crippen LogP contribution in [-0.2, 0) is 0 Å². The van der Waals surface area contributed by atoms with Gasteiger partial charge in [-0.3, -0.25) is 0 Å². The number of fused-ring (bicyclic) bond motifs is 5. The summed E-state index contributed by atoms with van der Waals surface area (Å²) in [5.41, 5.74) is 11.5. The molecule has 11 aromatic rings. The second-order valence-electron chi connectivity index (χ2n) is 14.4. The SMILES string of the molecule is c1ccc(-c2ccc(-c3nc(-c4cccc(-c5ccc6cc(-c7cccc8oc9ccccc9c78)ccc6c5)c4)nc(-c4ccc5ccccc5c4)n3)cc2)cc1. The van der Waals surface area contributed by atoms with E-state index in [1.165, 1.54) is 27.3 Å². The van der Waals surface area contributed by atoms with Crippen molar-refractivity contribution in [3.8, 4) is 67.5 Å². The average Bonchev–Trinajstić information content (AvgIpc) is 3.68. The number of hydrogen-bond donors (Lipinski definition) is 0. The van der Waals surface area contributed by atoms with Crippen molar-refractivity contribution in [1.29, 1.82) is 0 Å². The molecular formula is C53H33N3O. The van der Waals surface area contributed by atoms with Crippen molar-refractivity contribution in [1.82, 2.24) is 15.0 Å². The average molecular weight is 728 g/mol. The monoisotopic (exact) mass is 727 g/mol. The van der Waals surface area contributed by atoms with Crippen molar-refractivity contribution in [3.05, 3.63) is 200 Å². The summed E-state index contributed by atoms with van der Waals surface area (Å²) in [5, 5.41) is 6.95. The number of hydrogen-bond acceptors (Lipinski definition) is 4. The van der Waals surface area contributed by atoms with Crippen LogP contribution in [0, 0.1) is 0 Å². The molecule has 266 valence electrons. The molecule has 0 N–H and O–H groups in total. The zero-order valence-electron chi connectivity index (χ0n) is 30.8. The zero-order valence-corrected chi connectivity index (χ0v) is 30.8. The van der Waals surface area contributed by atoms with E-state index in [2.05, 4.69) is 176 Å². The van der Waals surface area contributed by atoms with Gasteiger partial charge in [0.05, 0.1) is 0 Å². The largest absolute Gasteiger partial charge is 0.456 e. The number of para-hydroxylation sites is 1. The number of benzene rings is 9. The molecule has 0 saturated heterocycles. The fourth-order valence-corrected chi connectivity index (χ4v) is 7.98. The van der Waals surface area contributed by atoms with Gasteiger partial charge in [-0.05, 0) is 91.3 Å². The molecule has 0 saturated carbocycles. The van der Waals surface area contributed by atoms with Crippen molar-refractivity contribution in [2.45, 2.75) is 0 Å². The summed E-state index contributed by atoms with van der Waals surface area (Å²) < 4.78 is 6.19. The van der Waals surface area contributed by atoms with Gasteiger partial charge < -0.3 is 4.42 Å². The van der Waals surface area contributed by atoms with E-state index in [0.717, 1.165) is 66.3 Å². The van der Waals surface area contributed by atoms with Crippen LogP contribution in [0.15, 0.2) is 205 Å². The van der Waals surface area contributed by atoms with E-state index < -0.39 is 0 Å². The third-order valence-electron chi connectivity index (χ3n) is 10.9. The Kier molecular flexibility index (Phi) is 7.78. The van der Waals surface area contributed by atoms with Crippen molar-refractivity contribution in [2.75, 3.05) is 0 Å². The Morgan fingerprint density at radius 2 is 0.754 bits per heavy atom. The van der Waals surface area contributed by atoms with E-state index in [1.54, 1.807) is 0 Å². The molecule has 0 amide bonds. The van der Waals surface area contributed by atoms with E-state index in [0.29, 0.717) is 17.5 Å². The first-order valence-electron chi connectivity index (χ1n) is 19.2. The molecule has 0 spiro atoms. The predicted molar refractivity (Wildman–Crippen MR) is 235 cm³/mol. The maximum absolute atomic E-state index is 6.19. The molecule has 0 aliphatic rings. The summed E-state index contributed by atoms with van der Waals surface area (Å²) in [6.45, 7) is 0. The molecule has 57 heavy (non-hydrogen) atoms. The van der Waals surface area contributed by atoms with Gasteiger partial charge in [-0.1, -0.05) is 164 Å². The van der Waals surface area contributed by atoms with Gasteiger partial charge in [0.25, 0.3) is 0 Å². The van der Waals surface area contributed by atoms with Gasteiger partial charge in [-0.25, -0.2) is 15.0 Å². The fourth-order valence-electron chi connectivity index (χ4n) is 7.98. The third kappa shape index (κ3) is 6.01. The minimum Gasteiger partial charge on any atom is -0.456 e. The highest BCUT2D eigenvalue weighted by atomic mass is 16.3. The molecule has 0 fully saturated rings. The summed E-state index contributed by atoms with van der Waals surface area (Å²) in [4.78, 5) is 15.3. The molecule has 0 bridgehead atoms. The predicted octanol–water partition coefficient (Wildman–Crippen LogP) is 14.1. The quantitative estimate of drug-likeness (QED) is 0.171. The van der Waals surface area contributed by atoms with Gasteiger partial charge in [-0.2, -0.15) is 0 Å². The smallest absolute Gasteiger partial charge is 0.164 e. The molecule has 2 aromatic heterocycles. The summed E-state index contributed by atoms with van der Waals surface area (Å²) in [5.74, 6) is 1.90. The molecule has 4 nitrogen and oxygen atoms in total. The molecule has 2 heterocycles. The van der Waals surface area contributed by atoms with Crippen LogP contribution >= 0.6 is 0 Å². The molecule has 0 atom stereocenters. The van der Waals surface area contributed by atoms with Crippen molar-refractivity contribution in [2.24, 2.45) is 0 Å². The maximum atomic E-state index is 6.19. The Bertz CT molecular complexity index is 3290. The number of rotatable bonds is 6. The molecule has 11 rings (SSSR count). The lowest BCUT2D eigenvalue weighted by Crippen LogP contribution is -2.00. The van der Waals surface area contributed by atoms with Crippen LogP contribution in [0.1, 0.15) is 0 Å². The molecule has 0 unspecified atom stereocenters. The highest BCUT2D eigenvalue weighted by molar-refractivity contribution is 6.13. The van der Waals surface area contributed by atoms with Crippen LogP contribution in [0.2, 0.25) is 0 Å². The fraction of sp³-hybridized carbons (Fsp3) is 0. The first kappa shape index (κ1) is 32.7. The highest BCUT2D eigenvalue weighted by Gasteiger charge is 2.16. The molecule has 0 aliphatic carbocycles. The minimum absolute atomic E-state index is 0.628. The van der Waals surface area contributed by atoms with Crippen LogP contribution in [0.3, 0.4) is 0 Å². The van der Waals surface area contributed by atoms with E-state index in [9.17, 15) is 0 Å². The summed E-state index contributed by atoms with van der Waals surface area (Å²) in [7, 11) is 0. The lowest BCUT2D eigenvalue weighted by Gasteiger charge is -2.11. The van der Waals surface area contributed by atoms with Gasteiger partial charge in [0, 0.05) is 27.5 Å². The second kappa shape index (κ2) is 13.6. The lowest BCUT2D eigenvalue weighted by molar-refractivity contribution is 0.669. The molecular weight excluding hydrogens is 695 g/mol. The van der Waals surface area contributed by atoms with E-state index in [4.69, 9.17) is 19.4 Å². The minimum atomic E-state index is 0.628. The van der Waals surface area contributed by atoms with Gasteiger partial charge in [0.1, 0.15) is 11.2 Å². The maximum Gasteiger partial charge on any atom is 0.164 e. The summed E-state index contributed by atoms with van der Waals surface area (Å²) in [6.07, 6.45) is 0. The van der Waals surface area contributed by atoms with E-state index in [1.807, 2.05) is 24.3 Å². The highest BCUT2D eigenvalue weighted by Crippen LogP contribution is 2.38. The van der Waals surface area contributed by atoms with E-state index >= 15 is 0 Å². The number of furan rings is 1. The van der Waals surface area contributed by atoms with Crippen LogP contribution in [-0.4, -0.2) is 15.0 Å². The van der Waals surface area contributed by atoms with Gasteiger partial charge in [0.15, 0.2) is 17.5 Å². The summed E-state index contributed by atoms with van der Waals surface area (Å²) >= 11 is 0. The standard InChI is InChI=1S/C53H33N3O/c1-2-10-34(11-3-1)36-20-23-37(24-21-36)51-54-52(56-53(55-51)45-29-22-35-12-4-5-13-38(35)32-45)44-15-8-14-39(33-44)40-25-26-42-31-43(28-27-41(42)30-40)46-17-9-19-49-50(46)47-16-6-7-18-48(47)57-49/h1-33H. The first-order chi connectivity index (χ1) is 28.2. The van der Waals surface area contributed by atoms with Crippen molar-refractivity contribution < 1.29 is 4.42 Å². The van der Waals surface area contributed by atoms with Gasteiger partial charge in [0.2, 0.25) is 0 Å². The molecule has 0 aliphatic heterocycles. The third-order valence-corrected chi connectivity index (χ3v) is 10.9. The Morgan fingerprint density at radius 3 is 1.58 bits per heavy atom. The lowest BCUT2D eigenvalue weighted by atomic mass is 9.95. The zero-order chi connectivity index (χ0) is 37.7. The van der Waals surface area contributed by atoms with Crippen molar-refractivity contribution >= 4 is 43.5 Å². The molecule has 0 radical (unpaired) electrons. The van der Waals surface area contributed by atoms with Crippen LogP contribution in [0.4, 0.5) is 0 Å². The normalized spacial score (nSPS) is 11.5. The first-order valence-corrected chi connectivity index (χ1v) is 19.2. The Morgan fingerprint density at radius 1 is 0.281 bits per heavy atom. The number of aromatic nitrogens is 3. The molecule has 9 aromatic carbocycles. The van der Waals surface area contributed by atoms with Gasteiger partial charge >= 0.3 is 0 Å². The van der Waals surface area contributed by atoms with Crippen LogP contribution in [0.25, 0.3) is 111 Å². The summed E-state index contributed by atoms with van der Waals surface area (Å²) in [6, 6.07) is 70.1. The van der Waals surface area contributed by atoms with Crippen molar-refractivity contribution in [3.63, 3.8) is 0 Å². The van der Waals surface area contributed by atoms with Gasteiger partial charge in [-0.15, -0.1) is 0 Å². The topological polar surface area (TPSA) is 51.8 Å².